The summed E-state index contributed by atoms with van der Waals surface area (Å²) in [6.45, 7) is 4.82. The van der Waals surface area contributed by atoms with E-state index in [1.807, 2.05) is 21.1 Å². The van der Waals surface area contributed by atoms with Gasteiger partial charge in [-0.3, -0.25) is 9.59 Å². The van der Waals surface area contributed by atoms with Crippen molar-refractivity contribution in [3.8, 4) is 0 Å². The van der Waals surface area contributed by atoms with Gasteiger partial charge in [0.15, 0.2) is 6.10 Å². The van der Waals surface area contributed by atoms with Crippen LogP contribution in [0.25, 0.3) is 0 Å². The number of carbonyl (C=O) groups excluding carboxylic acids is 2. The van der Waals surface area contributed by atoms with E-state index in [1.165, 1.54) is 244 Å². The van der Waals surface area contributed by atoms with Gasteiger partial charge in [0, 0.05) is 12.8 Å². The molecular weight excluding hydrogens is 1030 g/mol. The lowest BCUT2D eigenvalue weighted by Crippen LogP contribution is -2.40. The van der Waals surface area contributed by atoms with Gasteiger partial charge in [-0.05, 0) is 77.0 Å². The minimum absolute atomic E-state index is 0.179. The van der Waals surface area contributed by atoms with Crippen molar-refractivity contribution in [2.75, 3.05) is 47.5 Å². The third kappa shape index (κ3) is 66.4. The number of carbonyl (C=O) groups is 3. The molecule has 0 amide bonds. The molecule has 83 heavy (non-hydrogen) atoms. The Morgan fingerprint density at radius 1 is 0.373 bits per heavy atom. The molecule has 1 N–H and O–H groups in total. The van der Waals surface area contributed by atoms with Crippen molar-refractivity contribution in [2.45, 2.75) is 347 Å². The van der Waals surface area contributed by atoms with E-state index in [1.54, 1.807) is 0 Å². The second kappa shape index (κ2) is 65.0. The molecule has 9 nitrogen and oxygen atoms in total. The van der Waals surface area contributed by atoms with E-state index in [9.17, 15) is 19.5 Å². The highest BCUT2D eigenvalue weighted by Crippen LogP contribution is 2.18. The Morgan fingerprint density at radius 2 is 0.687 bits per heavy atom. The number of ether oxygens (including phenoxy) is 4. The number of rotatable bonds is 66. The van der Waals surface area contributed by atoms with Crippen molar-refractivity contribution in [3.05, 3.63) is 60.8 Å². The maximum atomic E-state index is 12.9. The summed E-state index contributed by atoms with van der Waals surface area (Å²) in [6.07, 6.45) is 82.0. The number of nitrogens with zero attached hydrogens (tertiary/aromatic N) is 1. The molecule has 0 aromatic carbocycles. The molecular formula is C74H136NO8+. The molecule has 0 spiro atoms. The average molecular weight is 1170 g/mol. The number of esters is 2. The number of quaternary nitrogens is 1. The first-order valence-electron chi connectivity index (χ1n) is 35.5. The summed E-state index contributed by atoms with van der Waals surface area (Å²) in [4.78, 5) is 37.6. The van der Waals surface area contributed by atoms with Gasteiger partial charge in [-0.1, -0.05) is 306 Å². The predicted molar refractivity (Wildman–Crippen MR) is 355 cm³/mol. The molecule has 9 heteroatoms. The van der Waals surface area contributed by atoms with Gasteiger partial charge >= 0.3 is 17.9 Å². The van der Waals surface area contributed by atoms with E-state index in [2.05, 4.69) is 74.6 Å². The van der Waals surface area contributed by atoms with Crippen molar-refractivity contribution in [3.63, 3.8) is 0 Å². The molecule has 0 fully saturated rings. The number of hydrogen-bond acceptors (Lipinski definition) is 7. The van der Waals surface area contributed by atoms with Gasteiger partial charge in [0.25, 0.3) is 6.29 Å². The van der Waals surface area contributed by atoms with Crippen molar-refractivity contribution in [1.29, 1.82) is 0 Å². The standard InChI is InChI=1S/C74H135NO8/c1-6-8-10-12-14-16-18-20-22-24-26-28-30-32-34-36-38-40-42-44-46-48-50-52-54-56-58-60-62-64-71(76)81-68-70(69-82-74(73(78)79)80-67-66-75(3,4)5)83-72(77)65-63-61-59-57-55-53-51-49-47-45-43-41-39-37-35-33-31-29-27-25-23-21-19-17-15-13-11-9-7-2/h9,11,15,17,21,23-24,26-27,29,70,74H,6-8,10,12-14,16,18-20,22,25,28,30-69H2,1-5H3/p+1/b11-9-,17-15-,23-21-,26-24-,29-27-. The normalized spacial score (nSPS) is 13.0. The summed E-state index contributed by atoms with van der Waals surface area (Å²) in [6, 6.07) is 0. The molecule has 2 unspecified atom stereocenters. The molecule has 0 saturated heterocycles. The van der Waals surface area contributed by atoms with Crippen LogP contribution in [0.4, 0.5) is 0 Å². The Bertz CT molecular complexity index is 1550. The van der Waals surface area contributed by atoms with E-state index >= 15 is 0 Å². The lowest BCUT2D eigenvalue weighted by atomic mass is 10.0. The van der Waals surface area contributed by atoms with Gasteiger partial charge in [-0.2, -0.15) is 0 Å². The van der Waals surface area contributed by atoms with Crippen LogP contribution in [0.15, 0.2) is 60.8 Å². The van der Waals surface area contributed by atoms with Crippen LogP contribution in [-0.4, -0.2) is 87.4 Å². The fourth-order valence-electron chi connectivity index (χ4n) is 10.4. The zero-order valence-corrected chi connectivity index (χ0v) is 55.4. The predicted octanol–water partition coefficient (Wildman–Crippen LogP) is 21.9. The van der Waals surface area contributed by atoms with Crippen molar-refractivity contribution >= 4 is 17.9 Å². The molecule has 2 atom stereocenters. The van der Waals surface area contributed by atoms with Crippen LogP contribution >= 0.6 is 0 Å². The molecule has 0 aromatic heterocycles. The molecule has 0 bridgehead atoms. The molecule has 484 valence electrons. The Morgan fingerprint density at radius 3 is 1.04 bits per heavy atom. The second-order valence-corrected chi connectivity index (χ2v) is 25.2. The second-order valence-electron chi connectivity index (χ2n) is 25.2. The summed E-state index contributed by atoms with van der Waals surface area (Å²) in [7, 11) is 5.99. The first-order chi connectivity index (χ1) is 40.6. The molecule has 0 aromatic rings. The summed E-state index contributed by atoms with van der Waals surface area (Å²) >= 11 is 0. The molecule has 0 saturated carbocycles. The summed E-state index contributed by atoms with van der Waals surface area (Å²) in [5.41, 5.74) is 0. The lowest BCUT2D eigenvalue weighted by molar-refractivity contribution is -0.870. The number of likely N-dealkylation sites (N-methyl/N-ethyl adjacent to an activating group) is 1. The van der Waals surface area contributed by atoms with E-state index in [0.29, 0.717) is 17.4 Å². The third-order valence-corrected chi connectivity index (χ3v) is 15.8. The zero-order valence-electron chi connectivity index (χ0n) is 55.4. The summed E-state index contributed by atoms with van der Waals surface area (Å²) in [5, 5.41) is 9.75. The highest BCUT2D eigenvalue weighted by molar-refractivity contribution is 5.71. The molecule has 0 aliphatic rings. The monoisotopic (exact) mass is 1170 g/mol. The Labute approximate surface area is 514 Å². The van der Waals surface area contributed by atoms with Crippen LogP contribution in [0.1, 0.15) is 335 Å². The van der Waals surface area contributed by atoms with Crippen LogP contribution in [0.5, 0.6) is 0 Å². The van der Waals surface area contributed by atoms with Gasteiger partial charge in [0.1, 0.15) is 13.2 Å². The Kier molecular flexibility index (Phi) is 62.6. The van der Waals surface area contributed by atoms with Gasteiger partial charge in [-0.15, -0.1) is 0 Å². The van der Waals surface area contributed by atoms with Gasteiger partial charge in [0.2, 0.25) is 0 Å². The van der Waals surface area contributed by atoms with Crippen LogP contribution in [0.2, 0.25) is 0 Å². The quantitative estimate of drug-likeness (QED) is 0.0211. The minimum atomic E-state index is -1.51. The largest absolute Gasteiger partial charge is 0.477 e. The topological polar surface area (TPSA) is 108 Å². The van der Waals surface area contributed by atoms with Crippen LogP contribution in [0.3, 0.4) is 0 Å². The Balaban J connectivity index is 4.07. The van der Waals surface area contributed by atoms with Crippen molar-refractivity contribution in [2.24, 2.45) is 0 Å². The smallest absolute Gasteiger partial charge is 0.361 e. The SMILES string of the molecule is CC/C=C\C/C=C\C/C=C\C/C=C\CCCCCCCCCCCCCCCCCCC(=O)OC(COC(=O)CCCCCCCCCCCCCCCCCCC/C=C\CCCCCCCCCC)COC(OCC[N+](C)(C)C)C(=O)O. The van der Waals surface area contributed by atoms with E-state index in [4.69, 9.17) is 18.9 Å². The van der Waals surface area contributed by atoms with Crippen LogP contribution < -0.4 is 0 Å². The maximum absolute atomic E-state index is 12.9. The number of unbranched alkanes of at least 4 members (excludes halogenated alkanes) is 41. The van der Waals surface area contributed by atoms with Gasteiger partial charge in [-0.25, -0.2) is 4.79 Å². The van der Waals surface area contributed by atoms with Crippen LogP contribution in [0, 0.1) is 0 Å². The number of hydrogen-bond donors (Lipinski definition) is 1. The number of aliphatic carboxylic acids is 1. The Hall–Kier alpha value is -3.01. The number of carboxylic acid groups (broad SMARTS) is 1. The molecule has 0 heterocycles. The van der Waals surface area contributed by atoms with Crippen molar-refractivity contribution in [1.82, 2.24) is 0 Å². The number of carboxylic acids is 1. The number of allylic oxidation sites excluding steroid dienone is 10. The molecule has 0 rings (SSSR count). The first-order valence-corrected chi connectivity index (χ1v) is 35.5. The molecule has 0 radical (unpaired) electrons. The highest BCUT2D eigenvalue weighted by Gasteiger charge is 2.25. The van der Waals surface area contributed by atoms with E-state index < -0.39 is 18.4 Å². The fourth-order valence-corrected chi connectivity index (χ4v) is 10.4. The fraction of sp³-hybridized carbons (Fsp3) is 0.824. The van der Waals surface area contributed by atoms with E-state index in [-0.39, 0.29) is 38.2 Å². The maximum Gasteiger partial charge on any atom is 0.361 e. The van der Waals surface area contributed by atoms with Gasteiger partial charge < -0.3 is 28.5 Å². The van der Waals surface area contributed by atoms with Gasteiger partial charge in [0.05, 0.1) is 34.4 Å². The van der Waals surface area contributed by atoms with Crippen LogP contribution in [-0.2, 0) is 33.3 Å². The zero-order chi connectivity index (χ0) is 60.5. The first kappa shape index (κ1) is 80.0. The highest BCUT2D eigenvalue weighted by atomic mass is 16.7. The summed E-state index contributed by atoms with van der Waals surface area (Å²) in [5.74, 6) is -1.98. The molecule has 0 aliphatic carbocycles. The third-order valence-electron chi connectivity index (χ3n) is 15.8. The lowest BCUT2D eigenvalue weighted by Gasteiger charge is -2.25. The average Bonchev–Trinajstić information content (AvgIpc) is 3.46. The molecule has 0 aliphatic heterocycles. The minimum Gasteiger partial charge on any atom is -0.477 e. The van der Waals surface area contributed by atoms with Crippen molar-refractivity contribution < 1.29 is 42.9 Å². The summed E-state index contributed by atoms with van der Waals surface area (Å²) < 4.78 is 23.0. The van der Waals surface area contributed by atoms with E-state index in [0.717, 1.165) is 64.2 Å².